The van der Waals surface area contributed by atoms with Crippen molar-refractivity contribution in [3.8, 4) is 0 Å². The fourth-order valence-corrected chi connectivity index (χ4v) is 4.37. The number of nitrogens with zero attached hydrogens (tertiary/aromatic N) is 1. The third-order valence-corrected chi connectivity index (χ3v) is 6.78. The van der Waals surface area contributed by atoms with Gasteiger partial charge in [-0.15, -0.1) is 0 Å². The Morgan fingerprint density at radius 3 is 2.21 bits per heavy atom. The highest BCUT2D eigenvalue weighted by Crippen LogP contribution is 2.16. The lowest BCUT2D eigenvalue weighted by Crippen LogP contribution is -2.47. The summed E-state index contributed by atoms with van der Waals surface area (Å²) in [5.41, 5.74) is 6.47. The van der Waals surface area contributed by atoms with Crippen LogP contribution in [-0.2, 0) is 21.4 Å². The van der Waals surface area contributed by atoms with Crippen molar-refractivity contribution < 1.29 is 22.8 Å². The molecule has 33 heavy (non-hydrogen) atoms. The topological polar surface area (TPSA) is 137 Å². The van der Waals surface area contributed by atoms with Crippen molar-refractivity contribution in [3.63, 3.8) is 0 Å². The molecule has 11 heteroatoms. The Morgan fingerprint density at radius 2 is 1.58 bits per heavy atom. The molecule has 178 valence electrons. The molecule has 0 aliphatic heterocycles. The highest BCUT2D eigenvalue weighted by Gasteiger charge is 2.22. The summed E-state index contributed by atoms with van der Waals surface area (Å²) in [6.45, 7) is 5.96. The van der Waals surface area contributed by atoms with Crippen molar-refractivity contribution in [1.82, 2.24) is 25.8 Å². The Hall–Kier alpha value is -3.44. The Balaban J connectivity index is 1.82. The lowest BCUT2D eigenvalue weighted by atomic mass is 10.1. The van der Waals surface area contributed by atoms with Crippen LogP contribution in [0.15, 0.2) is 53.4 Å². The molecule has 0 fully saturated rings. The predicted octanol–water partition coefficient (Wildman–Crippen LogP) is 1.29. The summed E-state index contributed by atoms with van der Waals surface area (Å²) < 4.78 is 26.5. The number of hydrogen-bond acceptors (Lipinski definition) is 5. The van der Waals surface area contributed by atoms with Crippen molar-refractivity contribution in [2.45, 2.75) is 32.2 Å². The van der Waals surface area contributed by atoms with Crippen LogP contribution in [0.3, 0.4) is 0 Å². The SMILES string of the molecule is CCN(CC)S(=O)(=O)c1cccc(C(=O)NNC(=O)CNC(=O)NCc2ccc(C)cc2)c1. The van der Waals surface area contributed by atoms with Crippen molar-refractivity contribution in [3.05, 3.63) is 65.2 Å². The van der Waals surface area contributed by atoms with Crippen LogP contribution in [0.5, 0.6) is 0 Å². The molecule has 2 aromatic carbocycles. The third kappa shape index (κ3) is 7.58. The smallest absolute Gasteiger partial charge is 0.315 e. The van der Waals surface area contributed by atoms with E-state index in [1.165, 1.54) is 28.6 Å². The zero-order chi connectivity index (χ0) is 24.4. The van der Waals surface area contributed by atoms with Crippen LogP contribution in [0.2, 0.25) is 0 Å². The molecule has 4 N–H and O–H groups in total. The molecule has 0 atom stereocenters. The van der Waals surface area contributed by atoms with Crippen LogP contribution in [-0.4, -0.2) is 50.2 Å². The van der Waals surface area contributed by atoms with Gasteiger partial charge in [-0.05, 0) is 30.7 Å². The maximum atomic E-state index is 12.6. The number of urea groups is 1. The van der Waals surface area contributed by atoms with Gasteiger partial charge >= 0.3 is 6.03 Å². The molecule has 0 unspecified atom stereocenters. The highest BCUT2D eigenvalue weighted by atomic mass is 32.2. The van der Waals surface area contributed by atoms with Gasteiger partial charge in [0.1, 0.15) is 6.54 Å². The number of aryl methyl sites for hydroxylation is 1. The number of hydrogen-bond donors (Lipinski definition) is 4. The molecule has 0 saturated heterocycles. The standard InChI is InChI=1S/C22H29N5O5S/c1-4-27(5-2)33(31,32)19-8-6-7-18(13-19)21(29)26-25-20(28)15-24-22(30)23-14-17-11-9-16(3)10-12-17/h6-13H,4-5,14-15H2,1-3H3,(H,25,28)(H,26,29)(H2,23,24,30). The molecule has 0 aliphatic carbocycles. The summed E-state index contributed by atoms with van der Waals surface area (Å²) >= 11 is 0. The lowest BCUT2D eigenvalue weighted by Gasteiger charge is -2.18. The second kappa shape index (κ2) is 12.0. The van der Waals surface area contributed by atoms with Crippen molar-refractivity contribution in [2.24, 2.45) is 0 Å². The monoisotopic (exact) mass is 475 g/mol. The van der Waals surface area contributed by atoms with Crippen LogP contribution in [0.1, 0.15) is 35.3 Å². The Labute approximate surface area is 193 Å². The van der Waals surface area contributed by atoms with Gasteiger partial charge in [0.15, 0.2) is 0 Å². The third-order valence-electron chi connectivity index (χ3n) is 4.74. The number of carbonyl (C=O) groups is 3. The fraction of sp³-hybridized carbons (Fsp3) is 0.318. The van der Waals surface area contributed by atoms with Crippen molar-refractivity contribution in [1.29, 1.82) is 0 Å². The van der Waals surface area contributed by atoms with Crippen molar-refractivity contribution >= 4 is 27.9 Å². The van der Waals surface area contributed by atoms with E-state index in [0.29, 0.717) is 19.6 Å². The van der Waals surface area contributed by atoms with E-state index in [0.717, 1.165) is 11.1 Å². The first-order valence-electron chi connectivity index (χ1n) is 10.4. The van der Waals surface area contributed by atoms with Crippen molar-refractivity contribution in [2.75, 3.05) is 19.6 Å². The first-order chi connectivity index (χ1) is 15.7. The number of rotatable bonds is 9. The quantitative estimate of drug-likeness (QED) is 0.405. The molecule has 0 aromatic heterocycles. The summed E-state index contributed by atoms with van der Waals surface area (Å²) in [6, 6.07) is 12.6. The number of amides is 4. The number of benzene rings is 2. The Bertz CT molecular complexity index is 1080. The minimum atomic E-state index is -3.72. The molecular weight excluding hydrogens is 446 g/mol. The zero-order valence-corrected chi connectivity index (χ0v) is 19.7. The number of hydrazine groups is 1. The molecule has 2 rings (SSSR count). The predicted molar refractivity (Wildman–Crippen MR) is 124 cm³/mol. The lowest BCUT2D eigenvalue weighted by molar-refractivity contribution is -0.120. The molecular formula is C22H29N5O5S. The molecule has 0 saturated carbocycles. The maximum absolute atomic E-state index is 12.6. The number of sulfonamides is 1. The summed E-state index contributed by atoms with van der Waals surface area (Å²) in [7, 11) is -3.72. The Morgan fingerprint density at radius 1 is 0.909 bits per heavy atom. The van der Waals surface area contributed by atoms with Gasteiger partial charge in [-0.25, -0.2) is 13.2 Å². The molecule has 0 aliphatic rings. The van der Waals surface area contributed by atoms with Gasteiger partial charge in [0.05, 0.1) is 4.90 Å². The van der Waals surface area contributed by atoms with Gasteiger partial charge in [-0.2, -0.15) is 4.31 Å². The molecule has 2 aromatic rings. The van der Waals surface area contributed by atoms with E-state index in [2.05, 4.69) is 21.5 Å². The molecule has 0 spiro atoms. The minimum Gasteiger partial charge on any atom is -0.334 e. The van der Waals surface area contributed by atoms with Gasteiger partial charge in [0.25, 0.3) is 11.8 Å². The number of carbonyl (C=O) groups excluding carboxylic acids is 3. The first kappa shape index (κ1) is 25.8. The van der Waals surface area contributed by atoms with E-state index < -0.39 is 27.9 Å². The van der Waals surface area contributed by atoms with Gasteiger partial charge in [0, 0.05) is 25.2 Å². The normalized spacial score (nSPS) is 11.0. The molecule has 0 bridgehead atoms. The molecule has 10 nitrogen and oxygen atoms in total. The van der Waals surface area contributed by atoms with Crippen LogP contribution in [0.25, 0.3) is 0 Å². The summed E-state index contributed by atoms with van der Waals surface area (Å²) in [5, 5.41) is 5.01. The Kier molecular flexibility index (Phi) is 9.37. The van der Waals surface area contributed by atoms with E-state index in [4.69, 9.17) is 0 Å². The van der Waals surface area contributed by atoms with Gasteiger partial charge in [0.2, 0.25) is 10.0 Å². The van der Waals surface area contributed by atoms with Gasteiger partial charge < -0.3 is 10.6 Å². The highest BCUT2D eigenvalue weighted by molar-refractivity contribution is 7.89. The van der Waals surface area contributed by atoms with E-state index in [1.54, 1.807) is 13.8 Å². The van der Waals surface area contributed by atoms with E-state index >= 15 is 0 Å². The summed E-state index contributed by atoms with van der Waals surface area (Å²) in [5.74, 6) is -1.34. The zero-order valence-electron chi connectivity index (χ0n) is 18.8. The van der Waals surface area contributed by atoms with Crippen LogP contribution < -0.4 is 21.5 Å². The molecule has 4 amide bonds. The maximum Gasteiger partial charge on any atom is 0.315 e. The van der Waals surface area contributed by atoms with Crippen LogP contribution in [0.4, 0.5) is 4.79 Å². The largest absolute Gasteiger partial charge is 0.334 e. The summed E-state index contributed by atoms with van der Waals surface area (Å²) in [4.78, 5) is 36.1. The summed E-state index contributed by atoms with van der Waals surface area (Å²) in [6.07, 6.45) is 0. The van der Waals surface area contributed by atoms with Gasteiger partial charge in [-0.1, -0.05) is 49.7 Å². The van der Waals surface area contributed by atoms with E-state index in [9.17, 15) is 22.8 Å². The molecule has 0 radical (unpaired) electrons. The minimum absolute atomic E-state index is 0.0166. The van der Waals surface area contributed by atoms with Crippen LogP contribution >= 0.6 is 0 Å². The van der Waals surface area contributed by atoms with Gasteiger partial charge in [-0.3, -0.25) is 20.4 Å². The second-order valence-corrected chi connectivity index (χ2v) is 9.08. The molecule has 0 heterocycles. The average molecular weight is 476 g/mol. The van der Waals surface area contributed by atoms with Crippen LogP contribution in [0, 0.1) is 6.92 Å². The second-order valence-electron chi connectivity index (χ2n) is 7.14. The fourth-order valence-electron chi connectivity index (χ4n) is 2.86. The van der Waals surface area contributed by atoms with E-state index in [-0.39, 0.29) is 17.0 Å². The first-order valence-corrected chi connectivity index (χ1v) is 11.9. The number of nitrogens with one attached hydrogen (secondary N) is 4. The van der Waals surface area contributed by atoms with E-state index in [1.807, 2.05) is 31.2 Å². The average Bonchev–Trinajstić information content (AvgIpc) is 2.81.